The van der Waals surface area contributed by atoms with Crippen molar-refractivity contribution in [1.82, 2.24) is 9.62 Å². The van der Waals surface area contributed by atoms with Gasteiger partial charge in [0.15, 0.2) is 5.11 Å². The van der Waals surface area contributed by atoms with Crippen LogP contribution in [0, 0.1) is 5.92 Å². The van der Waals surface area contributed by atoms with Gasteiger partial charge in [0.1, 0.15) is 4.90 Å². The van der Waals surface area contributed by atoms with Gasteiger partial charge in [-0.3, -0.25) is 0 Å². The highest BCUT2D eigenvalue weighted by molar-refractivity contribution is 7.89. The van der Waals surface area contributed by atoms with Crippen LogP contribution in [0.15, 0.2) is 23.1 Å². The Hall–Kier alpha value is -0.890. The van der Waals surface area contributed by atoms with E-state index < -0.39 is 10.0 Å². The summed E-state index contributed by atoms with van der Waals surface area (Å²) in [7, 11) is -3.63. The zero-order valence-electron chi connectivity index (χ0n) is 15.6. The molecule has 2 rings (SSSR count). The Balaban J connectivity index is 2.15. The summed E-state index contributed by atoms with van der Waals surface area (Å²) in [6.45, 7) is 6.64. The Kier molecular flexibility index (Phi) is 7.70. The SMILES string of the molecule is CCN(CC)S(=O)(=O)c1cc(NC(=S)N[C@@H]2CCCC[C@@H]2C)ccc1Cl. The van der Waals surface area contributed by atoms with Crippen LogP contribution >= 0.6 is 23.8 Å². The van der Waals surface area contributed by atoms with Gasteiger partial charge >= 0.3 is 0 Å². The van der Waals surface area contributed by atoms with Crippen LogP contribution in [0.25, 0.3) is 0 Å². The molecule has 0 unspecified atom stereocenters. The molecule has 1 aliphatic carbocycles. The largest absolute Gasteiger partial charge is 0.359 e. The number of sulfonamides is 1. The minimum atomic E-state index is -3.63. The fourth-order valence-corrected chi connectivity index (χ4v) is 5.58. The molecule has 5 nitrogen and oxygen atoms in total. The average molecular weight is 418 g/mol. The molecule has 1 aliphatic rings. The Morgan fingerprint density at radius 3 is 2.54 bits per heavy atom. The Labute approximate surface area is 167 Å². The molecule has 1 aromatic carbocycles. The standard InChI is InChI=1S/C18H28ClN3O2S2/c1-4-22(5-2)26(23,24)17-12-14(10-11-15(17)19)20-18(25)21-16-9-7-6-8-13(16)3/h10-13,16H,4-9H2,1-3H3,(H2,20,21,25)/t13-,16+/m0/s1. The van der Waals surface area contributed by atoms with Crippen molar-refractivity contribution in [3.8, 4) is 0 Å². The quantitative estimate of drug-likeness (QED) is 0.678. The van der Waals surface area contributed by atoms with Gasteiger partial charge in [-0.05, 0) is 49.2 Å². The first-order valence-electron chi connectivity index (χ1n) is 9.16. The van der Waals surface area contributed by atoms with Gasteiger partial charge in [0.25, 0.3) is 0 Å². The normalized spacial score (nSPS) is 20.8. The minimum Gasteiger partial charge on any atom is -0.359 e. The fraction of sp³-hybridized carbons (Fsp3) is 0.611. The summed E-state index contributed by atoms with van der Waals surface area (Å²) in [6.07, 6.45) is 4.78. The van der Waals surface area contributed by atoms with E-state index >= 15 is 0 Å². The summed E-state index contributed by atoms with van der Waals surface area (Å²) in [6, 6.07) is 5.23. The molecule has 1 saturated carbocycles. The molecule has 26 heavy (non-hydrogen) atoms. The zero-order chi connectivity index (χ0) is 19.3. The lowest BCUT2D eigenvalue weighted by molar-refractivity contribution is 0.309. The fourth-order valence-electron chi connectivity index (χ4n) is 3.35. The molecule has 146 valence electrons. The van der Waals surface area contributed by atoms with Crippen molar-refractivity contribution < 1.29 is 8.42 Å². The number of nitrogens with zero attached hydrogens (tertiary/aromatic N) is 1. The molecule has 8 heteroatoms. The van der Waals surface area contributed by atoms with Crippen LogP contribution in [0.1, 0.15) is 46.5 Å². The summed E-state index contributed by atoms with van der Waals surface area (Å²) in [5.74, 6) is 0.576. The third-order valence-electron chi connectivity index (χ3n) is 4.94. The maximum Gasteiger partial charge on any atom is 0.244 e. The third kappa shape index (κ3) is 5.09. The molecule has 2 atom stereocenters. The second-order valence-electron chi connectivity index (χ2n) is 6.70. The maximum absolute atomic E-state index is 12.8. The van der Waals surface area contributed by atoms with Crippen molar-refractivity contribution in [3.63, 3.8) is 0 Å². The van der Waals surface area contributed by atoms with Gasteiger partial charge in [0.05, 0.1) is 5.02 Å². The molecule has 0 heterocycles. The van der Waals surface area contributed by atoms with Crippen molar-refractivity contribution in [1.29, 1.82) is 0 Å². The van der Waals surface area contributed by atoms with Gasteiger partial charge in [-0.15, -0.1) is 0 Å². The average Bonchev–Trinajstić information content (AvgIpc) is 2.59. The van der Waals surface area contributed by atoms with Crippen molar-refractivity contribution in [2.45, 2.75) is 57.4 Å². The first-order valence-corrected chi connectivity index (χ1v) is 11.4. The Morgan fingerprint density at radius 1 is 1.27 bits per heavy atom. The molecule has 0 radical (unpaired) electrons. The molecule has 0 bridgehead atoms. The molecule has 2 N–H and O–H groups in total. The van der Waals surface area contributed by atoms with Gasteiger partial charge in [0, 0.05) is 24.8 Å². The molecule has 1 fully saturated rings. The minimum absolute atomic E-state index is 0.0988. The van der Waals surface area contributed by atoms with E-state index in [2.05, 4.69) is 17.6 Å². The van der Waals surface area contributed by atoms with Gasteiger partial charge in [-0.1, -0.05) is 45.2 Å². The summed E-state index contributed by atoms with van der Waals surface area (Å²) in [5.41, 5.74) is 0.612. The number of halogens is 1. The molecule has 0 amide bonds. The van der Waals surface area contributed by atoms with Crippen LogP contribution in [-0.2, 0) is 10.0 Å². The summed E-state index contributed by atoms with van der Waals surface area (Å²) in [5, 5.41) is 7.19. The van der Waals surface area contributed by atoms with Crippen LogP contribution in [0.2, 0.25) is 5.02 Å². The van der Waals surface area contributed by atoms with Crippen LogP contribution in [0.5, 0.6) is 0 Å². The van der Waals surface area contributed by atoms with Crippen molar-refractivity contribution in [2.75, 3.05) is 18.4 Å². The van der Waals surface area contributed by atoms with Gasteiger partial charge < -0.3 is 10.6 Å². The molecule has 0 aromatic heterocycles. The number of hydrogen-bond acceptors (Lipinski definition) is 3. The number of benzene rings is 1. The molecular formula is C18H28ClN3O2S2. The molecule has 1 aromatic rings. The Morgan fingerprint density at radius 2 is 1.92 bits per heavy atom. The van der Waals surface area contributed by atoms with Gasteiger partial charge in [-0.25, -0.2) is 8.42 Å². The van der Waals surface area contributed by atoms with Crippen LogP contribution in [0.4, 0.5) is 5.69 Å². The van der Waals surface area contributed by atoms with Crippen molar-refractivity contribution in [2.24, 2.45) is 5.92 Å². The van der Waals surface area contributed by atoms with Crippen molar-refractivity contribution in [3.05, 3.63) is 23.2 Å². The van der Waals surface area contributed by atoms with Crippen molar-refractivity contribution >= 4 is 44.6 Å². The van der Waals surface area contributed by atoms with Crippen LogP contribution in [-0.4, -0.2) is 37.0 Å². The maximum atomic E-state index is 12.8. The van der Waals surface area contributed by atoms with E-state index in [4.69, 9.17) is 23.8 Å². The van der Waals surface area contributed by atoms with E-state index in [-0.39, 0.29) is 9.92 Å². The second kappa shape index (κ2) is 9.35. The Bertz CT molecular complexity index is 736. The monoisotopic (exact) mass is 417 g/mol. The number of hydrogen-bond donors (Lipinski definition) is 2. The smallest absolute Gasteiger partial charge is 0.244 e. The van der Waals surface area contributed by atoms with E-state index in [1.165, 1.54) is 23.6 Å². The first kappa shape index (κ1) is 21.4. The number of rotatable bonds is 6. The predicted octanol–water partition coefficient (Wildman–Crippen LogP) is 4.24. The van der Waals surface area contributed by atoms with E-state index in [0.29, 0.717) is 35.8 Å². The van der Waals surface area contributed by atoms with E-state index in [0.717, 1.165) is 6.42 Å². The number of anilines is 1. The highest BCUT2D eigenvalue weighted by Gasteiger charge is 2.25. The third-order valence-corrected chi connectivity index (χ3v) is 7.69. The summed E-state index contributed by atoms with van der Waals surface area (Å²) < 4.78 is 26.9. The van der Waals surface area contributed by atoms with E-state index in [1.54, 1.807) is 32.0 Å². The first-order chi connectivity index (χ1) is 12.3. The molecule has 0 saturated heterocycles. The van der Waals surface area contributed by atoms with E-state index in [1.807, 2.05) is 0 Å². The zero-order valence-corrected chi connectivity index (χ0v) is 18.0. The number of nitrogens with one attached hydrogen (secondary N) is 2. The lowest BCUT2D eigenvalue weighted by Gasteiger charge is -2.30. The molecule has 0 spiro atoms. The van der Waals surface area contributed by atoms with Gasteiger partial charge in [-0.2, -0.15) is 4.31 Å². The topological polar surface area (TPSA) is 61.4 Å². The van der Waals surface area contributed by atoms with Gasteiger partial charge in [0.2, 0.25) is 10.0 Å². The highest BCUT2D eigenvalue weighted by atomic mass is 35.5. The lowest BCUT2D eigenvalue weighted by Crippen LogP contribution is -2.43. The summed E-state index contributed by atoms with van der Waals surface area (Å²) >= 11 is 11.6. The van der Waals surface area contributed by atoms with Crippen LogP contribution < -0.4 is 10.6 Å². The lowest BCUT2D eigenvalue weighted by atomic mass is 9.86. The second-order valence-corrected chi connectivity index (χ2v) is 9.42. The number of thiocarbonyl (C=S) groups is 1. The summed E-state index contributed by atoms with van der Waals surface area (Å²) in [4.78, 5) is 0.0988. The van der Waals surface area contributed by atoms with E-state index in [9.17, 15) is 8.42 Å². The predicted molar refractivity (Wildman–Crippen MR) is 112 cm³/mol. The molecular weight excluding hydrogens is 390 g/mol. The highest BCUT2D eigenvalue weighted by Crippen LogP contribution is 2.28. The van der Waals surface area contributed by atoms with Crippen LogP contribution in [0.3, 0.4) is 0 Å². The molecule has 0 aliphatic heterocycles.